The normalized spacial score (nSPS) is 34.6. The molecule has 0 spiro atoms. The number of hydrogen-bond donors (Lipinski definition) is 1. The van der Waals surface area contributed by atoms with E-state index in [-0.39, 0.29) is 0 Å². The lowest BCUT2D eigenvalue weighted by atomic mass is 9.87. The van der Waals surface area contributed by atoms with Crippen molar-refractivity contribution < 1.29 is 0 Å². The number of nitrogens with one attached hydrogen (secondary N) is 1. The number of rotatable bonds is 5. The summed E-state index contributed by atoms with van der Waals surface area (Å²) in [5, 5.41) is 3.79. The van der Waals surface area contributed by atoms with Gasteiger partial charge in [0.15, 0.2) is 0 Å². The van der Waals surface area contributed by atoms with Gasteiger partial charge in [-0.1, -0.05) is 19.8 Å². The van der Waals surface area contributed by atoms with Crippen molar-refractivity contribution in [2.45, 2.75) is 57.5 Å². The molecule has 2 atom stereocenters. The summed E-state index contributed by atoms with van der Waals surface area (Å²) in [6.45, 7) is 10.1. The maximum atomic E-state index is 3.79. The summed E-state index contributed by atoms with van der Waals surface area (Å²) in [6.07, 6.45) is 8.60. The fourth-order valence-corrected chi connectivity index (χ4v) is 3.84. The summed E-state index contributed by atoms with van der Waals surface area (Å²) in [5.41, 5.74) is 0. The molecule has 0 aromatic rings. The summed E-state index contributed by atoms with van der Waals surface area (Å²) >= 11 is 0. The monoisotopic (exact) mass is 265 g/mol. The van der Waals surface area contributed by atoms with Gasteiger partial charge in [0.1, 0.15) is 0 Å². The summed E-state index contributed by atoms with van der Waals surface area (Å²) in [5.74, 6) is 0.938. The van der Waals surface area contributed by atoms with Crippen molar-refractivity contribution in [3.05, 3.63) is 0 Å². The van der Waals surface area contributed by atoms with Crippen molar-refractivity contribution >= 4 is 0 Å². The van der Waals surface area contributed by atoms with Crippen LogP contribution in [0.3, 0.4) is 0 Å². The zero-order valence-electron chi connectivity index (χ0n) is 12.6. The van der Waals surface area contributed by atoms with E-state index in [0.717, 1.165) is 18.0 Å². The van der Waals surface area contributed by atoms with Crippen LogP contribution in [0.25, 0.3) is 0 Å². The third kappa shape index (κ3) is 4.17. The average molecular weight is 265 g/mol. The van der Waals surface area contributed by atoms with Crippen molar-refractivity contribution in [2.75, 3.05) is 39.3 Å². The summed E-state index contributed by atoms with van der Waals surface area (Å²) in [7, 11) is 0. The molecule has 0 aromatic heterocycles. The summed E-state index contributed by atoms with van der Waals surface area (Å²) in [6, 6.07) is 1.76. The lowest BCUT2D eigenvalue weighted by Crippen LogP contribution is -2.49. The van der Waals surface area contributed by atoms with E-state index >= 15 is 0 Å². The summed E-state index contributed by atoms with van der Waals surface area (Å²) < 4.78 is 0. The Morgan fingerprint density at radius 1 is 1.00 bits per heavy atom. The first kappa shape index (κ1) is 13.8. The molecule has 1 saturated heterocycles. The van der Waals surface area contributed by atoms with Crippen LogP contribution in [0.4, 0.5) is 0 Å². The summed E-state index contributed by atoms with van der Waals surface area (Å²) in [4.78, 5) is 5.35. The van der Waals surface area contributed by atoms with Gasteiger partial charge in [0.05, 0.1) is 0 Å². The topological polar surface area (TPSA) is 18.5 Å². The third-order valence-corrected chi connectivity index (χ3v) is 5.27. The molecular formula is C16H31N3. The third-order valence-electron chi connectivity index (χ3n) is 5.27. The highest BCUT2D eigenvalue weighted by atomic mass is 15.3. The standard InChI is InChI=1S/C16H31N3/c1-14-3-2-4-15(13-14)17-7-8-18-9-11-19(12-10-18)16-5-6-16/h14-17H,2-13H2,1H3. The van der Waals surface area contributed by atoms with E-state index in [9.17, 15) is 0 Å². The minimum atomic E-state index is 0.802. The first-order chi connectivity index (χ1) is 9.31. The van der Waals surface area contributed by atoms with Crippen LogP contribution in [0, 0.1) is 5.92 Å². The molecule has 0 radical (unpaired) electrons. The highest BCUT2D eigenvalue weighted by molar-refractivity contribution is 4.87. The molecular weight excluding hydrogens is 234 g/mol. The molecule has 1 aliphatic heterocycles. The predicted molar refractivity (Wildman–Crippen MR) is 80.5 cm³/mol. The van der Waals surface area contributed by atoms with E-state index < -0.39 is 0 Å². The highest BCUT2D eigenvalue weighted by Gasteiger charge is 2.30. The van der Waals surface area contributed by atoms with E-state index in [0.29, 0.717) is 0 Å². The average Bonchev–Trinajstić information content (AvgIpc) is 3.24. The van der Waals surface area contributed by atoms with Crippen LogP contribution < -0.4 is 5.32 Å². The molecule has 3 rings (SSSR count). The molecule has 2 unspecified atom stereocenters. The first-order valence-corrected chi connectivity index (χ1v) is 8.51. The van der Waals surface area contributed by atoms with Gasteiger partial charge in [0.2, 0.25) is 0 Å². The van der Waals surface area contributed by atoms with Crippen LogP contribution in [0.2, 0.25) is 0 Å². The molecule has 110 valence electrons. The van der Waals surface area contributed by atoms with E-state index in [4.69, 9.17) is 0 Å². The maximum Gasteiger partial charge on any atom is 0.0113 e. The lowest BCUT2D eigenvalue weighted by Gasteiger charge is -2.35. The van der Waals surface area contributed by atoms with Gasteiger partial charge >= 0.3 is 0 Å². The van der Waals surface area contributed by atoms with Crippen LogP contribution in [-0.4, -0.2) is 61.2 Å². The van der Waals surface area contributed by atoms with Gasteiger partial charge in [-0.25, -0.2) is 0 Å². The second-order valence-electron chi connectivity index (χ2n) is 7.03. The van der Waals surface area contributed by atoms with Crippen LogP contribution in [0.15, 0.2) is 0 Å². The van der Waals surface area contributed by atoms with Crippen molar-refractivity contribution in [3.63, 3.8) is 0 Å². The second kappa shape index (κ2) is 6.55. The molecule has 1 N–H and O–H groups in total. The van der Waals surface area contributed by atoms with Crippen LogP contribution in [0.5, 0.6) is 0 Å². The van der Waals surface area contributed by atoms with Crippen molar-refractivity contribution in [3.8, 4) is 0 Å². The van der Waals surface area contributed by atoms with E-state index in [1.807, 2.05) is 0 Å². The molecule has 3 heteroatoms. The second-order valence-corrected chi connectivity index (χ2v) is 7.03. The fourth-order valence-electron chi connectivity index (χ4n) is 3.84. The Kier molecular flexibility index (Phi) is 4.78. The Labute approximate surface area is 118 Å². The molecule has 19 heavy (non-hydrogen) atoms. The fraction of sp³-hybridized carbons (Fsp3) is 1.00. The Balaban J connectivity index is 1.28. The number of nitrogens with zero attached hydrogens (tertiary/aromatic N) is 2. The molecule has 2 saturated carbocycles. The van der Waals surface area contributed by atoms with Crippen molar-refractivity contribution in [2.24, 2.45) is 5.92 Å². The Bertz CT molecular complexity index is 269. The van der Waals surface area contributed by atoms with Crippen molar-refractivity contribution in [1.29, 1.82) is 0 Å². The van der Waals surface area contributed by atoms with Crippen molar-refractivity contribution in [1.82, 2.24) is 15.1 Å². The zero-order chi connectivity index (χ0) is 13.1. The Hall–Kier alpha value is -0.120. The molecule has 3 aliphatic rings. The van der Waals surface area contributed by atoms with E-state index in [1.54, 1.807) is 0 Å². The first-order valence-electron chi connectivity index (χ1n) is 8.51. The van der Waals surface area contributed by atoms with Gasteiger partial charge in [-0.15, -0.1) is 0 Å². The van der Waals surface area contributed by atoms with Gasteiger partial charge in [-0.05, 0) is 31.6 Å². The number of hydrogen-bond acceptors (Lipinski definition) is 3. The Morgan fingerprint density at radius 2 is 1.79 bits per heavy atom. The molecule has 1 heterocycles. The SMILES string of the molecule is CC1CCCC(NCCN2CCN(C3CC3)CC2)C1. The van der Waals surface area contributed by atoms with Crippen LogP contribution in [-0.2, 0) is 0 Å². The van der Waals surface area contributed by atoms with Gasteiger partial charge in [-0.2, -0.15) is 0 Å². The zero-order valence-corrected chi connectivity index (χ0v) is 12.6. The smallest absolute Gasteiger partial charge is 0.0113 e. The highest BCUT2D eigenvalue weighted by Crippen LogP contribution is 2.27. The van der Waals surface area contributed by atoms with E-state index in [1.165, 1.54) is 77.8 Å². The molecule has 3 fully saturated rings. The van der Waals surface area contributed by atoms with E-state index in [2.05, 4.69) is 22.0 Å². The molecule has 0 bridgehead atoms. The predicted octanol–water partition coefficient (Wildman–Crippen LogP) is 1.93. The minimum Gasteiger partial charge on any atom is -0.313 e. The van der Waals surface area contributed by atoms with Gasteiger partial charge < -0.3 is 5.32 Å². The quantitative estimate of drug-likeness (QED) is 0.819. The molecule has 2 aliphatic carbocycles. The largest absolute Gasteiger partial charge is 0.313 e. The molecule has 0 amide bonds. The maximum absolute atomic E-state index is 3.79. The van der Waals surface area contributed by atoms with Gasteiger partial charge in [0.25, 0.3) is 0 Å². The minimum absolute atomic E-state index is 0.802. The number of piperazine rings is 1. The molecule has 3 nitrogen and oxygen atoms in total. The van der Waals surface area contributed by atoms with Crippen LogP contribution in [0.1, 0.15) is 45.4 Å². The van der Waals surface area contributed by atoms with Crippen LogP contribution >= 0.6 is 0 Å². The molecule has 0 aromatic carbocycles. The Morgan fingerprint density at radius 3 is 2.47 bits per heavy atom. The van der Waals surface area contributed by atoms with Gasteiger partial charge in [-0.3, -0.25) is 9.80 Å². The lowest BCUT2D eigenvalue weighted by molar-refractivity contribution is 0.125. The van der Waals surface area contributed by atoms with Gasteiger partial charge in [0, 0.05) is 51.4 Å².